The second-order valence-electron chi connectivity index (χ2n) is 8.49. The summed E-state index contributed by atoms with van der Waals surface area (Å²) in [7, 11) is 0. The number of aromatic nitrogens is 1. The van der Waals surface area contributed by atoms with E-state index in [0.717, 1.165) is 22.9 Å². The topological polar surface area (TPSA) is 95.8 Å². The van der Waals surface area contributed by atoms with Gasteiger partial charge in [-0.3, -0.25) is 9.59 Å². The molecule has 0 bridgehead atoms. The molecule has 7 heteroatoms. The lowest BCUT2D eigenvalue weighted by atomic mass is 9.99. The number of hydrogen-bond donors (Lipinski definition) is 2. The third-order valence-electron chi connectivity index (χ3n) is 6.25. The van der Waals surface area contributed by atoms with Gasteiger partial charge in [-0.15, -0.1) is 0 Å². The molecule has 7 nitrogen and oxygen atoms in total. The Bertz CT molecular complexity index is 1380. The smallest absolute Gasteiger partial charge is 0.295 e. The van der Waals surface area contributed by atoms with Crippen molar-refractivity contribution in [3.63, 3.8) is 0 Å². The van der Waals surface area contributed by atoms with Crippen molar-refractivity contribution in [3.8, 4) is 5.75 Å². The number of fused-ring (bicyclic) bond motifs is 1. The Kier molecular flexibility index (Phi) is 6.14. The normalized spacial score (nSPS) is 17.4. The van der Waals surface area contributed by atoms with E-state index in [1.54, 1.807) is 36.4 Å². The van der Waals surface area contributed by atoms with Gasteiger partial charge in [-0.1, -0.05) is 25.1 Å². The van der Waals surface area contributed by atoms with Crippen molar-refractivity contribution in [1.29, 1.82) is 0 Å². The lowest BCUT2D eigenvalue weighted by molar-refractivity contribution is -0.140. The SMILES string of the molecule is CCCOc1ccc(/C(O)=C2/C(=O)C(=O)N(CCc3c[nH]c4ccccc34)C2c2ccco2)cc1. The molecule has 0 radical (unpaired) electrons. The van der Waals surface area contributed by atoms with Crippen molar-refractivity contribution < 1.29 is 23.8 Å². The number of nitrogens with one attached hydrogen (secondary N) is 1. The van der Waals surface area contributed by atoms with Crippen LogP contribution in [0.15, 0.2) is 83.1 Å². The quantitative estimate of drug-likeness (QED) is 0.209. The molecule has 1 amide bonds. The first-order chi connectivity index (χ1) is 17.1. The Labute approximate surface area is 202 Å². The molecule has 0 saturated carbocycles. The van der Waals surface area contributed by atoms with E-state index >= 15 is 0 Å². The van der Waals surface area contributed by atoms with E-state index in [2.05, 4.69) is 4.98 Å². The van der Waals surface area contributed by atoms with E-state index in [4.69, 9.17) is 9.15 Å². The predicted octanol–water partition coefficient (Wildman–Crippen LogP) is 5.21. The number of nitrogens with zero attached hydrogens (tertiary/aromatic N) is 1. The maximum Gasteiger partial charge on any atom is 0.295 e. The first-order valence-corrected chi connectivity index (χ1v) is 11.7. The van der Waals surface area contributed by atoms with Crippen LogP contribution in [0.25, 0.3) is 16.7 Å². The summed E-state index contributed by atoms with van der Waals surface area (Å²) in [4.78, 5) is 31.0. The van der Waals surface area contributed by atoms with Gasteiger partial charge in [-0.05, 0) is 60.9 Å². The van der Waals surface area contributed by atoms with Gasteiger partial charge in [0.1, 0.15) is 23.3 Å². The van der Waals surface area contributed by atoms with Crippen LogP contribution in [0, 0.1) is 0 Å². The Hall–Kier alpha value is -4.26. The van der Waals surface area contributed by atoms with Crippen molar-refractivity contribution in [2.75, 3.05) is 13.2 Å². The van der Waals surface area contributed by atoms with Crippen LogP contribution >= 0.6 is 0 Å². The summed E-state index contributed by atoms with van der Waals surface area (Å²) < 4.78 is 11.2. The average Bonchev–Trinajstić information content (AvgIpc) is 3.61. The van der Waals surface area contributed by atoms with E-state index in [1.807, 2.05) is 37.4 Å². The number of aromatic amines is 1. The van der Waals surface area contributed by atoms with Crippen molar-refractivity contribution in [2.45, 2.75) is 25.8 Å². The fourth-order valence-electron chi connectivity index (χ4n) is 4.52. The molecule has 1 unspecified atom stereocenters. The highest BCUT2D eigenvalue weighted by molar-refractivity contribution is 6.46. The number of aliphatic hydroxyl groups excluding tert-OH is 1. The number of carbonyl (C=O) groups excluding carboxylic acids is 2. The number of rotatable bonds is 8. The summed E-state index contributed by atoms with van der Waals surface area (Å²) in [5.74, 6) is -0.524. The summed E-state index contributed by atoms with van der Waals surface area (Å²) in [5, 5.41) is 12.2. The van der Waals surface area contributed by atoms with Crippen LogP contribution < -0.4 is 4.74 Å². The van der Waals surface area contributed by atoms with Gasteiger partial charge in [0, 0.05) is 29.2 Å². The highest BCUT2D eigenvalue weighted by atomic mass is 16.5. The number of para-hydroxylation sites is 1. The summed E-state index contributed by atoms with van der Waals surface area (Å²) in [6.07, 6.45) is 4.84. The van der Waals surface area contributed by atoms with Gasteiger partial charge in [-0.2, -0.15) is 0 Å². The Balaban J connectivity index is 1.48. The Morgan fingerprint density at radius 2 is 1.89 bits per heavy atom. The van der Waals surface area contributed by atoms with Crippen LogP contribution in [-0.2, 0) is 16.0 Å². The van der Waals surface area contributed by atoms with Crippen LogP contribution in [0.5, 0.6) is 5.75 Å². The number of carbonyl (C=O) groups is 2. The highest BCUT2D eigenvalue weighted by Gasteiger charge is 2.47. The van der Waals surface area contributed by atoms with Crippen LogP contribution in [-0.4, -0.2) is 39.8 Å². The zero-order chi connectivity index (χ0) is 24.4. The zero-order valence-electron chi connectivity index (χ0n) is 19.4. The van der Waals surface area contributed by atoms with Gasteiger partial charge in [-0.25, -0.2) is 0 Å². The molecule has 35 heavy (non-hydrogen) atoms. The van der Waals surface area contributed by atoms with Gasteiger partial charge in [0.25, 0.3) is 11.7 Å². The second-order valence-corrected chi connectivity index (χ2v) is 8.49. The predicted molar refractivity (Wildman–Crippen MR) is 132 cm³/mol. The third kappa shape index (κ3) is 4.21. The molecule has 2 N–H and O–H groups in total. The number of furan rings is 1. The molecule has 1 aliphatic rings. The van der Waals surface area contributed by atoms with Crippen LogP contribution in [0.1, 0.15) is 36.3 Å². The zero-order valence-corrected chi connectivity index (χ0v) is 19.4. The van der Waals surface area contributed by atoms with Crippen LogP contribution in [0.4, 0.5) is 0 Å². The van der Waals surface area contributed by atoms with Crippen molar-refractivity contribution in [3.05, 3.63) is 95.6 Å². The first-order valence-electron chi connectivity index (χ1n) is 11.7. The van der Waals surface area contributed by atoms with Crippen molar-refractivity contribution >= 4 is 28.4 Å². The molecule has 0 aliphatic carbocycles. The minimum atomic E-state index is -0.814. The number of amides is 1. The monoisotopic (exact) mass is 470 g/mol. The summed E-state index contributed by atoms with van der Waals surface area (Å²) in [5.41, 5.74) is 2.51. The number of hydrogen-bond acceptors (Lipinski definition) is 5. The number of benzene rings is 2. The van der Waals surface area contributed by atoms with Gasteiger partial charge in [0.15, 0.2) is 0 Å². The Morgan fingerprint density at radius 3 is 2.63 bits per heavy atom. The number of aliphatic hydroxyl groups is 1. The van der Waals surface area contributed by atoms with Crippen molar-refractivity contribution in [1.82, 2.24) is 9.88 Å². The van der Waals surface area contributed by atoms with E-state index in [9.17, 15) is 14.7 Å². The molecule has 2 aromatic heterocycles. The fraction of sp³-hybridized carbons (Fsp3) is 0.214. The largest absolute Gasteiger partial charge is 0.507 e. The van der Waals surface area contributed by atoms with E-state index in [0.29, 0.717) is 36.6 Å². The second kappa shape index (κ2) is 9.54. The molecule has 0 spiro atoms. The molecule has 5 rings (SSSR count). The van der Waals surface area contributed by atoms with Crippen LogP contribution in [0.3, 0.4) is 0 Å². The molecule has 4 aromatic rings. The summed E-state index contributed by atoms with van der Waals surface area (Å²) >= 11 is 0. The number of likely N-dealkylation sites (tertiary alicyclic amines) is 1. The molecule has 2 aromatic carbocycles. The minimum Gasteiger partial charge on any atom is -0.507 e. The van der Waals surface area contributed by atoms with Gasteiger partial charge >= 0.3 is 0 Å². The molecular weight excluding hydrogens is 444 g/mol. The molecule has 1 atom stereocenters. The summed E-state index contributed by atoms with van der Waals surface area (Å²) in [6, 6.07) is 17.4. The van der Waals surface area contributed by atoms with Gasteiger partial charge in [0.2, 0.25) is 0 Å². The van der Waals surface area contributed by atoms with E-state index in [-0.39, 0.29) is 11.3 Å². The average molecular weight is 471 g/mol. The molecule has 1 aliphatic heterocycles. The van der Waals surface area contributed by atoms with Gasteiger partial charge < -0.3 is 24.1 Å². The number of H-pyrrole nitrogens is 1. The summed E-state index contributed by atoms with van der Waals surface area (Å²) in [6.45, 7) is 2.90. The molecule has 3 heterocycles. The molecule has 178 valence electrons. The lowest BCUT2D eigenvalue weighted by Crippen LogP contribution is -2.31. The van der Waals surface area contributed by atoms with E-state index < -0.39 is 17.7 Å². The Morgan fingerprint density at radius 1 is 1.09 bits per heavy atom. The first kappa shape index (κ1) is 22.5. The van der Waals surface area contributed by atoms with Crippen LogP contribution in [0.2, 0.25) is 0 Å². The molecule has 1 saturated heterocycles. The number of Topliss-reactive ketones (excluding diaryl/α,β-unsaturated/α-hetero) is 1. The third-order valence-corrected chi connectivity index (χ3v) is 6.25. The molecular formula is C28H26N2O5. The van der Waals surface area contributed by atoms with E-state index in [1.165, 1.54) is 11.2 Å². The number of ketones is 1. The highest BCUT2D eigenvalue weighted by Crippen LogP contribution is 2.40. The lowest BCUT2D eigenvalue weighted by Gasteiger charge is -2.23. The maximum atomic E-state index is 13.1. The maximum absolute atomic E-state index is 13.1. The number of ether oxygens (including phenoxy) is 1. The standard InChI is InChI=1S/C28H26N2O5/c1-2-15-34-20-11-9-18(10-12-20)26(31)24-25(23-8-5-16-35-23)30(28(33)27(24)32)14-13-19-17-29-22-7-4-3-6-21(19)22/h3-12,16-17,25,29,31H,2,13-15H2,1H3/b26-24-. The fourth-order valence-corrected chi connectivity index (χ4v) is 4.52. The minimum absolute atomic E-state index is 0.0195. The molecule has 1 fully saturated rings. The van der Waals surface area contributed by atoms with Crippen molar-refractivity contribution in [2.24, 2.45) is 0 Å². The van der Waals surface area contributed by atoms with Gasteiger partial charge in [0.05, 0.1) is 18.4 Å².